The molecule has 2 aromatic heterocycles. The quantitative estimate of drug-likeness (QED) is 0.358. The number of pyridine rings is 1. The fourth-order valence-electron chi connectivity index (χ4n) is 5.50. The number of amides is 2. The van der Waals surface area contributed by atoms with Crippen molar-refractivity contribution in [2.75, 3.05) is 24.5 Å². The van der Waals surface area contributed by atoms with Gasteiger partial charge in [0.2, 0.25) is 5.79 Å². The third kappa shape index (κ3) is 4.57. The molecule has 0 aliphatic carbocycles. The van der Waals surface area contributed by atoms with Crippen LogP contribution in [-0.2, 0) is 4.79 Å². The van der Waals surface area contributed by atoms with Crippen molar-refractivity contribution >= 4 is 45.5 Å². The van der Waals surface area contributed by atoms with Gasteiger partial charge in [-0.3, -0.25) is 15.1 Å². The van der Waals surface area contributed by atoms with Crippen LogP contribution in [0.25, 0.3) is 21.5 Å². The number of thiazole rings is 1. The number of carboxylic acids is 1. The fourth-order valence-corrected chi connectivity index (χ4v) is 6.29. The van der Waals surface area contributed by atoms with Gasteiger partial charge in [-0.25, -0.2) is 14.8 Å². The topological polar surface area (TPSA) is 156 Å². The van der Waals surface area contributed by atoms with Crippen LogP contribution in [0.1, 0.15) is 31.5 Å². The number of nitrogens with zero attached hydrogens (tertiary/aromatic N) is 5. The number of piperidine rings is 1. The van der Waals surface area contributed by atoms with Crippen LogP contribution in [0.15, 0.2) is 47.0 Å². The van der Waals surface area contributed by atoms with E-state index >= 15 is 0 Å². The summed E-state index contributed by atoms with van der Waals surface area (Å²) in [5.74, 6) is -3.07. The van der Waals surface area contributed by atoms with E-state index in [4.69, 9.17) is 9.98 Å². The molecular formula is C28H30N8O3S. The number of nitriles is 1. The van der Waals surface area contributed by atoms with Crippen molar-refractivity contribution in [3.63, 3.8) is 0 Å². The Bertz CT molecular complexity index is 1580. The van der Waals surface area contributed by atoms with Gasteiger partial charge < -0.3 is 20.6 Å². The Morgan fingerprint density at radius 2 is 2.17 bits per heavy atom. The Morgan fingerprint density at radius 1 is 1.35 bits per heavy atom. The highest BCUT2D eigenvalue weighted by Gasteiger charge is 2.57. The summed E-state index contributed by atoms with van der Waals surface area (Å²) in [6, 6.07) is 9.10. The first-order valence-electron chi connectivity index (χ1n) is 13.0. The smallest absolute Gasteiger partial charge is 0.318 e. The van der Waals surface area contributed by atoms with Crippen LogP contribution in [-0.4, -0.2) is 58.7 Å². The molecule has 3 atom stereocenters. The van der Waals surface area contributed by atoms with Crippen LogP contribution in [0.3, 0.4) is 0 Å². The first kappa shape index (κ1) is 27.2. The number of carbonyl (C=O) groups excluding carboxylic acids is 1. The molecule has 2 aliphatic heterocycles. The number of carboxylic acid groups (broad SMARTS) is 1. The van der Waals surface area contributed by atoms with E-state index in [1.165, 1.54) is 11.3 Å². The largest absolute Gasteiger partial charge is 0.481 e. The number of aliphatic imine (C=N–C) groups is 1. The van der Waals surface area contributed by atoms with Gasteiger partial charge in [0.25, 0.3) is 0 Å². The van der Waals surface area contributed by atoms with Gasteiger partial charge in [-0.2, -0.15) is 5.26 Å². The zero-order valence-electron chi connectivity index (χ0n) is 22.4. The highest BCUT2D eigenvalue weighted by Crippen LogP contribution is 2.46. The van der Waals surface area contributed by atoms with Crippen LogP contribution in [0.2, 0.25) is 0 Å². The molecule has 1 fully saturated rings. The molecule has 1 saturated heterocycles. The number of hydrogen-bond acceptors (Lipinski definition) is 9. The van der Waals surface area contributed by atoms with Crippen LogP contribution in [0.5, 0.6) is 0 Å². The lowest BCUT2D eigenvalue weighted by molar-refractivity contribution is -0.155. The van der Waals surface area contributed by atoms with Crippen molar-refractivity contribution in [3.8, 4) is 17.3 Å². The van der Waals surface area contributed by atoms with E-state index in [1.807, 2.05) is 24.0 Å². The van der Waals surface area contributed by atoms with Crippen molar-refractivity contribution in [2.45, 2.75) is 33.0 Å². The van der Waals surface area contributed by atoms with E-state index in [9.17, 15) is 20.0 Å². The molecule has 40 heavy (non-hydrogen) atoms. The van der Waals surface area contributed by atoms with Gasteiger partial charge in [0.05, 0.1) is 44.0 Å². The van der Waals surface area contributed by atoms with Crippen LogP contribution < -0.4 is 20.9 Å². The summed E-state index contributed by atoms with van der Waals surface area (Å²) in [7, 11) is 0. The van der Waals surface area contributed by atoms with Gasteiger partial charge in [-0.1, -0.05) is 0 Å². The average molecular weight is 559 g/mol. The summed E-state index contributed by atoms with van der Waals surface area (Å²) in [5.41, 5.74) is 4.53. The predicted molar refractivity (Wildman–Crippen MR) is 154 cm³/mol. The maximum Gasteiger partial charge on any atom is 0.318 e. The SMILES string of the molecule is CCNC(=O)NC1(C2CNCCC2(C)C(=O)O)N=CC=CN1c1cc(-c2ccc(C#N)c(C)n2)c2scnc2c1. The molecule has 2 aliphatic rings. The number of aromatic nitrogens is 2. The molecule has 0 saturated carbocycles. The molecule has 1 aromatic carbocycles. The highest BCUT2D eigenvalue weighted by molar-refractivity contribution is 7.17. The van der Waals surface area contributed by atoms with Crippen LogP contribution in [0, 0.1) is 29.6 Å². The van der Waals surface area contributed by atoms with Gasteiger partial charge in [-0.15, -0.1) is 11.3 Å². The van der Waals surface area contributed by atoms with Gasteiger partial charge in [0.1, 0.15) is 6.07 Å². The molecule has 2 amide bonds. The van der Waals surface area contributed by atoms with E-state index in [-0.39, 0.29) is 0 Å². The normalized spacial score (nSPS) is 24.1. The molecule has 0 spiro atoms. The Morgan fingerprint density at radius 3 is 2.90 bits per heavy atom. The molecule has 3 unspecified atom stereocenters. The lowest BCUT2D eigenvalue weighted by Crippen LogP contribution is -2.71. The summed E-state index contributed by atoms with van der Waals surface area (Å²) in [5, 5.41) is 28.9. The lowest BCUT2D eigenvalue weighted by atomic mass is 9.68. The Kier molecular flexibility index (Phi) is 7.27. The van der Waals surface area contributed by atoms with E-state index in [0.717, 1.165) is 15.8 Å². The lowest BCUT2D eigenvalue weighted by Gasteiger charge is -2.52. The van der Waals surface area contributed by atoms with Gasteiger partial charge in [0.15, 0.2) is 0 Å². The Balaban J connectivity index is 1.72. The number of hydrogen-bond donors (Lipinski definition) is 4. The van der Waals surface area contributed by atoms with Crippen molar-refractivity contribution in [3.05, 3.63) is 53.3 Å². The van der Waals surface area contributed by atoms with Crippen LogP contribution in [0.4, 0.5) is 10.5 Å². The van der Waals surface area contributed by atoms with Crippen molar-refractivity contribution in [1.29, 1.82) is 5.26 Å². The van der Waals surface area contributed by atoms with Crippen molar-refractivity contribution < 1.29 is 14.7 Å². The number of aryl methyl sites for hydroxylation is 1. The number of rotatable bonds is 6. The van der Waals surface area contributed by atoms with Crippen molar-refractivity contribution in [1.82, 2.24) is 25.9 Å². The fraction of sp³-hybridized carbons (Fsp3) is 0.357. The minimum Gasteiger partial charge on any atom is -0.481 e. The second-order valence-corrected chi connectivity index (χ2v) is 10.9. The zero-order chi connectivity index (χ0) is 28.5. The van der Waals surface area contributed by atoms with E-state index in [1.54, 1.807) is 50.0 Å². The third-order valence-corrected chi connectivity index (χ3v) is 8.56. The third-order valence-electron chi connectivity index (χ3n) is 7.68. The number of benzene rings is 1. The van der Waals surface area contributed by atoms with Gasteiger partial charge >= 0.3 is 12.0 Å². The molecule has 12 heteroatoms. The van der Waals surface area contributed by atoms with E-state index in [2.05, 4.69) is 27.0 Å². The molecular weight excluding hydrogens is 528 g/mol. The number of nitrogens with one attached hydrogen (secondary N) is 3. The molecule has 0 bridgehead atoms. The minimum absolute atomic E-state index is 0.319. The Hall–Kier alpha value is -4.34. The highest BCUT2D eigenvalue weighted by atomic mass is 32.1. The van der Waals surface area contributed by atoms with Gasteiger partial charge in [0, 0.05) is 36.8 Å². The summed E-state index contributed by atoms with van der Waals surface area (Å²) < 4.78 is 0.918. The number of carbonyl (C=O) groups is 2. The molecule has 4 N–H and O–H groups in total. The van der Waals surface area contributed by atoms with E-state index in [0.29, 0.717) is 48.7 Å². The number of anilines is 1. The molecule has 206 valence electrons. The Labute approximate surface area is 235 Å². The minimum atomic E-state index is -1.47. The number of aliphatic carboxylic acids is 1. The number of fused-ring (bicyclic) bond motifs is 1. The maximum absolute atomic E-state index is 13.1. The molecule has 11 nitrogen and oxygen atoms in total. The van der Waals surface area contributed by atoms with E-state index < -0.39 is 29.1 Å². The van der Waals surface area contributed by atoms with Crippen LogP contribution >= 0.6 is 11.3 Å². The number of urea groups is 1. The zero-order valence-corrected chi connectivity index (χ0v) is 23.2. The summed E-state index contributed by atoms with van der Waals surface area (Å²) in [4.78, 5) is 41.7. The molecule has 4 heterocycles. The summed E-state index contributed by atoms with van der Waals surface area (Å²) in [6.45, 7) is 6.56. The van der Waals surface area contributed by atoms with Crippen molar-refractivity contribution in [2.24, 2.45) is 16.3 Å². The first-order chi connectivity index (χ1) is 19.2. The maximum atomic E-state index is 13.1. The number of allylic oxidation sites excluding steroid dienone is 1. The van der Waals surface area contributed by atoms with Gasteiger partial charge in [-0.05, 0) is 64.1 Å². The summed E-state index contributed by atoms with van der Waals surface area (Å²) in [6.07, 6.45) is 5.50. The predicted octanol–water partition coefficient (Wildman–Crippen LogP) is 3.62. The second kappa shape index (κ2) is 10.7. The second-order valence-electron chi connectivity index (χ2n) is 10.1. The average Bonchev–Trinajstić information content (AvgIpc) is 3.42. The summed E-state index contributed by atoms with van der Waals surface area (Å²) >= 11 is 1.48. The first-order valence-corrected chi connectivity index (χ1v) is 13.9. The monoisotopic (exact) mass is 558 g/mol. The molecule has 5 rings (SSSR count). The standard InChI is InChI=1S/C28H30N8O3S/c1-4-31-26(39)35-28(23-15-30-10-8-27(23,3)25(37)38)33-9-5-11-36(28)19-12-20(24-22(13-19)32-16-40-24)21-7-6-18(14-29)17(2)34-21/h5-7,9,11-13,16,23,30H,4,8,10,15H2,1-3H3,(H,37,38)(H2,31,35,39). The molecule has 3 aromatic rings. The molecule has 0 radical (unpaired) electrons.